The van der Waals surface area contributed by atoms with Crippen molar-refractivity contribution >= 4 is 17.6 Å². The Morgan fingerprint density at radius 1 is 0.961 bits per heavy atom. The molecule has 5 rings (SSSR count). The van der Waals surface area contributed by atoms with Gasteiger partial charge in [-0.15, -0.1) is 0 Å². The van der Waals surface area contributed by atoms with Crippen LogP contribution in [0.5, 0.6) is 0 Å². The molecule has 3 N–H and O–H groups in total. The number of hydrogen-bond donors (Lipinski definition) is 3. The average molecular weight is 716 g/mol. The van der Waals surface area contributed by atoms with Gasteiger partial charge in [-0.2, -0.15) is 0 Å². The number of rotatable bonds is 6. The van der Waals surface area contributed by atoms with Crippen molar-refractivity contribution in [1.82, 2.24) is 10.2 Å². The molecular weight excluding hydrogens is 650 g/mol. The third kappa shape index (κ3) is 10.1. The van der Waals surface area contributed by atoms with Crippen molar-refractivity contribution in [3.05, 3.63) is 42.1 Å². The van der Waals surface area contributed by atoms with E-state index in [1.54, 1.807) is 12.1 Å². The van der Waals surface area contributed by atoms with Gasteiger partial charge in [0, 0.05) is 66.0 Å². The summed E-state index contributed by atoms with van der Waals surface area (Å²) in [5, 5.41) is 19.0. The van der Waals surface area contributed by atoms with Crippen LogP contribution < -0.4 is 10.6 Å². The molecule has 1 aromatic rings. The van der Waals surface area contributed by atoms with Gasteiger partial charge < -0.3 is 44.3 Å². The summed E-state index contributed by atoms with van der Waals surface area (Å²) in [7, 11) is 4.15. The Morgan fingerprint density at radius 2 is 1.61 bits per heavy atom. The van der Waals surface area contributed by atoms with E-state index in [9.17, 15) is 14.7 Å². The standard InChI is InChI=1S/C40H65N3O8/c1-22-19-40(11,46)35(51-38-25(4)32(43(12)13)18-23(2)47-38)26(5)34(50-33-20-39(9,10)36(28(7)48-33)49-29(8)44)24(3)27(6)42-31-16-14-30(15-17-31)37(45)41-21-22/h14-17,22-26,28,32-36,38,42,46H,6,18-21H2,1-5,7-13H3,(H,41,45)/t22-,23-,24+,25-,26+,28+,32+,33+,34-,35-,36+,38+,40-/m1/s1. The van der Waals surface area contributed by atoms with Crippen LogP contribution in [0.1, 0.15) is 98.9 Å². The molecule has 2 bridgehead atoms. The Morgan fingerprint density at radius 3 is 2.20 bits per heavy atom. The molecule has 0 unspecified atom stereocenters. The first-order chi connectivity index (χ1) is 23.7. The number of carbonyl (C=O) groups is 2. The molecule has 0 aliphatic carbocycles. The summed E-state index contributed by atoms with van der Waals surface area (Å²) in [6.45, 7) is 24.4. The molecular formula is C40H65N3O8. The van der Waals surface area contributed by atoms with Crippen LogP contribution in [-0.2, 0) is 28.5 Å². The number of benzene rings is 1. The van der Waals surface area contributed by atoms with Gasteiger partial charge in [-0.3, -0.25) is 9.59 Å². The molecule has 0 radical (unpaired) electrons. The molecule has 0 spiro atoms. The van der Waals surface area contributed by atoms with Gasteiger partial charge in [-0.1, -0.05) is 48.1 Å². The minimum absolute atomic E-state index is 0.0220. The van der Waals surface area contributed by atoms with Gasteiger partial charge in [0.15, 0.2) is 12.6 Å². The SMILES string of the molecule is C=C1Nc2ccc(cc2)C(=O)NC[C@H](C)C[C@@](C)(O)[C@H](O[C@@H]2O[C@H](C)C[C@H](N(C)C)[C@H]2C)[C@@H](C)[C@H](O[C@H]2CC(C)(C)[C@@H](OC(C)=O)[C@H](C)O2)[C@H]1C. The average Bonchev–Trinajstić information content (AvgIpc) is 3.03. The number of nitrogens with one attached hydrogen (secondary N) is 2. The molecule has 0 saturated carbocycles. The monoisotopic (exact) mass is 715 g/mol. The van der Waals surface area contributed by atoms with Gasteiger partial charge in [0.25, 0.3) is 5.91 Å². The molecule has 11 heteroatoms. The largest absolute Gasteiger partial charge is 0.459 e. The van der Waals surface area contributed by atoms with Crippen LogP contribution in [0.15, 0.2) is 36.5 Å². The Bertz CT molecular complexity index is 1350. The van der Waals surface area contributed by atoms with Gasteiger partial charge in [-0.05, 0) is 77.9 Å². The second-order valence-electron chi connectivity index (χ2n) is 16.8. The number of fused-ring (bicyclic) bond motifs is 13. The normalized spacial score (nSPS) is 39.6. The van der Waals surface area contributed by atoms with E-state index in [-0.39, 0.29) is 41.8 Å². The molecule has 4 heterocycles. The van der Waals surface area contributed by atoms with Crippen LogP contribution >= 0.6 is 0 Å². The van der Waals surface area contributed by atoms with E-state index in [1.165, 1.54) is 6.92 Å². The Hall–Kier alpha value is -2.54. The van der Waals surface area contributed by atoms with Crippen molar-refractivity contribution < 1.29 is 38.4 Å². The van der Waals surface area contributed by atoms with E-state index in [1.807, 2.05) is 32.9 Å². The predicted octanol–water partition coefficient (Wildman–Crippen LogP) is 5.97. The Balaban J connectivity index is 1.76. The number of hydrogen-bond acceptors (Lipinski definition) is 10. The van der Waals surface area contributed by atoms with Crippen LogP contribution in [0.25, 0.3) is 0 Å². The highest BCUT2D eigenvalue weighted by molar-refractivity contribution is 5.94. The lowest BCUT2D eigenvalue weighted by Gasteiger charge is -2.49. The quantitative estimate of drug-likeness (QED) is 0.303. The lowest BCUT2D eigenvalue weighted by Crippen LogP contribution is -2.58. The van der Waals surface area contributed by atoms with E-state index in [2.05, 4.69) is 77.8 Å². The van der Waals surface area contributed by atoms with Crippen LogP contribution in [0.2, 0.25) is 0 Å². The zero-order chi connectivity index (χ0) is 38.0. The summed E-state index contributed by atoms with van der Waals surface area (Å²) in [6.07, 6.45) is -1.67. The molecule has 2 fully saturated rings. The fourth-order valence-electron chi connectivity index (χ4n) is 8.53. The van der Waals surface area contributed by atoms with E-state index in [4.69, 9.17) is 23.7 Å². The third-order valence-electron chi connectivity index (χ3n) is 11.3. The molecule has 13 atom stereocenters. The number of esters is 1. The smallest absolute Gasteiger partial charge is 0.303 e. The van der Waals surface area contributed by atoms with Crippen molar-refractivity contribution in [1.29, 1.82) is 0 Å². The molecule has 4 aliphatic rings. The van der Waals surface area contributed by atoms with E-state index < -0.39 is 53.9 Å². The van der Waals surface area contributed by atoms with E-state index in [0.717, 1.165) is 12.1 Å². The first-order valence-electron chi connectivity index (χ1n) is 18.7. The fraction of sp³-hybridized carbons (Fsp3) is 0.750. The maximum Gasteiger partial charge on any atom is 0.303 e. The highest BCUT2D eigenvalue weighted by atomic mass is 16.7. The van der Waals surface area contributed by atoms with Crippen molar-refractivity contribution in [3.8, 4) is 0 Å². The van der Waals surface area contributed by atoms with Crippen LogP contribution in [0, 0.1) is 29.1 Å². The topological polar surface area (TPSA) is 128 Å². The number of aliphatic hydroxyl groups is 1. The summed E-state index contributed by atoms with van der Waals surface area (Å²) >= 11 is 0. The fourth-order valence-corrected chi connectivity index (χ4v) is 8.53. The molecule has 2 saturated heterocycles. The summed E-state index contributed by atoms with van der Waals surface area (Å²) in [5.41, 5.74) is 0.255. The maximum atomic E-state index is 13.0. The third-order valence-corrected chi connectivity index (χ3v) is 11.3. The van der Waals surface area contributed by atoms with E-state index in [0.29, 0.717) is 30.6 Å². The van der Waals surface area contributed by atoms with Crippen molar-refractivity contribution in [2.45, 2.75) is 143 Å². The second kappa shape index (κ2) is 16.6. The number of nitrogens with zero attached hydrogens (tertiary/aromatic N) is 1. The van der Waals surface area contributed by atoms with Gasteiger partial charge in [0.05, 0.1) is 30.0 Å². The van der Waals surface area contributed by atoms with Crippen LogP contribution in [0.3, 0.4) is 0 Å². The van der Waals surface area contributed by atoms with Crippen LogP contribution in [-0.4, -0.2) is 97.3 Å². The summed E-state index contributed by atoms with van der Waals surface area (Å²) < 4.78 is 32.7. The zero-order valence-corrected chi connectivity index (χ0v) is 33.0. The van der Waals surface area contributed by atoms with Crippen molar-refractivity contribution in [3.63, 3.8) is 0 Å². The number of ether oxygens (including phenoxy) is 5. The Labute approximate surface area is 306 Å². The summed E-state index contributed by atoms with van der Waals surface area (Å²) in [5.74, 6) is -1.27. The molecule has 4 aliphatic heterocycles. The molecule has 1 aromatic carbocycles. The number of amides is 1. The number of carbonyl (C=O) groups excluding carboxylic acids is 2. The minimum Gasteiger partial charge on any atom is -0.459 e. The molecule has 1 amide bonds. The van der Waals surface area contributed by atoms with Crippen molar-refractivity contribution in [2.75, 3.05) is 26.0 Å². The first-order valence-corrected chi connectivity index (χ1v) is 18.7. The highest BCUT2D eigenvalue weighted by Crippen LogP contribution is 2.43. The second-order valence-corrected chi connectivity index (χ2v) is 16.8. The molecule has 11 nitrogen and oxygen atoms in total. The predicted molar refractivity (Wildman–Crippen MR) is 198 cm³/mol. The minimum atomic E-state index is -1.35. The van der Waals surface area contributed by atoms with Gasteiger partial charge in [0.1, 0.15) is 6.10 Å². The van der Waals surface area contributed by atoms with Crippen molar-refractivity contribution in [2.24, 2.45) is 29.1 Å². The Kier molecular flexibility index (Phi) is 13.4. The summed E-state index contributed by atoms with van der Waals surface area (Å²) in [6, 6.07) is 7.53. The summed E-state index contributed by atoms with van der Waals surface area (Å²) in [4.78, 5) is 27.2. The van der Waals surface area contributed by atoms with Gasteiger partial charge in [-0.25, -0.2) is 0 Å². The molecule has 288 valence electrons. The lowest BCUT2D eigenvalue weighted by atomic mass is 9.76. The first kappa shape index (κ1) is 41.2. The van der Waals surface area contributed by atoms with Crippen LogP contribution in [0.4, 0.5) is 5.69 Å². The van der Waals surface area contributed by atoms with E-state index >= 15 is 0 Å². The number of anilines is 1. The highest BCUT2D eigenvalue weighted by Gasteiger charge is 2.50. The lowest BCUT2D eigenvalue weighted by molar-refractivity contribution is -0.304. The maximum absolute atomic E-state index is 13.0. The molecule has 0 aromatic heterocycles. The molecule has 51 heavy (non-hydrogen) atoms. The van der Waals surface area contributed by atoms with Gasteiger partial charge >= 0.3 is 5.97 Å². The van der Waals surface area contributed by atoms with Gasteiger partial charge in [0.2, 0.25) is 0 Å². The zero-order valence-electron chi connectivity index (χ0n) is 33.0.